The van der Waals surface area contributed by atoms with Crippen molar-refractivity contribution in [2.75, 3.05) is 12.4 Å². The van der Waals surface area contributed by atoms with E-state index in [9.17, 15) is 4.79 Å². The number of methoxy groups -OCH3 is 1. The number of nitrogens with one attached hydrogen (secondary N) is 2. The van der Waals surface area contributed by atoms with Crippen LogP contribution in [0.15, 0.2) is 33.5 Å². The summed E-state index contributed by atoms with van der Waals surface area (Å²) in [6.07, 6.45) is 0. The molecule has 0 aliphatic carbocycles. The van der Waals surface area contributed by atoms with Crippen LogP contribution in [0.25, 0.3) is 11.0 Å². The van der Waals surface area contributed by atoms with Gasteiger partial charge >= 0.3 is 0 Å². The molecule has 6 nitrogen and oxygen atoms in total. The molecule has 0 bridgehead atoms. The highest BCUT2D eigenvalue weighted by molar-refractivity contribution is 9.10. The largest absolute Gasteiger partial charge is 0.493 e. The van der Waals surface area contributed by atoms with Gasteiger partial charge in [0.25, 0.3) is 5.56 Å². The van der Waals surface area contributed by atoms with E-state index in [-0.39, 0.29) is 10.7 Å². The molecule has 0 aliphatic rings. The molecule has 0 atom stereocenters. The highest BCUT2D eigenvalue weighted by Gasteiger charge is 2.15. The van der Waals surface area contributed by atoms with Crippen molar-refractivity contribution in [1.29, 1.82) is 0 Å². The fourth-order valence-corrected chi connectivity index (χ4v) is 2.97. The number of benzene rings is 1. The van der Waals surface area contributed by atoms with Crippen molar-refractivity contribution < 1.29 is 4.74 Å². The molecule has 1 aromatic carbocycles. The Labute approximate surface area is 139 Å². The van der Waals surface area contributed by atoms with Gasteiger partial charge in [-0.15, -0.1) is 0 Å². The van der Waals surface area contributed by atoms with Gasteiger partial charge in [-0.3, -0.25) is 14.6 Å². The minimum Gasteiger partial charge on any atom is -0.493 e. The van der Waals surface area contributed by atoms with Crippen LogP contribution in [0.1, 0.15) is 0 Å². The second-order valence-corrected chi connectivity index (χ2v) is 5.88. The number of pyridine rings is 1. The van der Waals surface area contributed by atoms with Crippen LogP contribution in [0.5, 0.6) is 5.75 Å². The number of aromatic nitrogens is 3. The van der Waals surface area contributed by atoms with Crippen LogP contribution in [0.3, 0.4) is 0 Å². The Balaban J connectivity index is 2.20. The number of para-hydroxylation sites is 1. The van der Waals surface area contributed by atoms with Crippen LogP contribution in [0.4, 0.5) is 11.4 Å². The summed E-state index contributed by atoms with van der Waals surface area (Å²) in [6.45, 7) is 0. The van der Waals surface area contributed by atoms with Gasteiger partial charge in [0.2, 0.25) is 0 Å². The molecule has 0 spiro atoms. The standard InChI is InChI=1S/C14H12BrClN4O2/c1-20-14(21)11-9(6-10(16)18-13(11)19-20)17-8-5-3-4-7(15)12(8)22-2/h3-6H,1-2H3,(H2,17,18,19). The molecule has 3 aromatic rings. The zero-order valence-corrected chi connectivity index (χ0v) is 14.1. The van der Waals surface area contributed by atoms with Gasteiger partial charge in [-0.25, -0.2) is 4.98 Å². The van der Waals surface area contributed by atoms with Gasteiger partial charge in [-0.2, -0.15) is 0 Å². The van der Waals surface area contributed by atoms with Crippen molar-refractivity contribution in [2.45, 2.75) is 0 Å². The normalized spacial score (nSPS) is 10.9. The molecule has 8 heteroatoms. The predicted octanol–water partition coefficient (Wildman–Crippen LogP) is 3.43. The Hall–Kier alpha value is -1.99. The number of hydrogen-bond acceptors (Lipinski definition) is 4. The molecule has 0 unspecified atom stereocenters. The molecule has 2 heterocycles. The molecule has 22 heavy (non-hydrogen) atoms. The summed E-state index contributed by atoms with van der Waals surface area (Å²) in [7, 11) is 3.21. The molecule has 2 N–H and O–H groups in total. The van der Waals surface area contributed by atoms with Crippen LogP contribution in [0.2, 0.25) is 5.15 Å². The molecular formula is C14H12BrClN4O2. The Bertz CT molecular complexity index is 919. The minimum absolute atomic E-state index is 0.185. The summed E-state index contributed by atoms with van der Waals surface area (Å²) in [6, 6.07) is 7.19. The predicted molar refractivity (Wildman–Crippen MR) is 90.3 cm³/mol. The Morgan fingerprint density at radius 3 is 2.91 bits per heavy atom. The first-order valence-electron chi connectivity index (χ1n) is 6.36. The Morgan fingerprint density at radius 1 is 1.41 bits per heavy atom. The zero-order valence-electron chi connectivity index (χ0n) is 11.8. The van der Waals surface area contributed by atoms with E-state index in [1.165, 1.54) is 4.68 Å². The van der Waals surface area contributed by atoms with Crippen LogP contribution >= 0.6 is 27.5 Å². The van der Waals surface area contributed by atoms with E-state index in [4.69, 9.17) is 16.3 Å². The highest BCUT2D eigenvalue weighted by Crippen LogP contribution is 2.36. The lowest BCUT2D eigenvalue weighted by atomic mass is 10.2. The number of ether oxygens (including phenoxy) is 1. The topological polar surface area (TPSA) is 71.9 Å². The van der Waals surface area contributed by atoms with Crippen molar-refractivity contribution in [3.05, 3.63) is 44.2 Å². The second-order valence-electron chi connectivity index (χ2n) is 4.64. The van der Waals surface area contributed by atoms with Crippen molar-refractivity contribution in [2.24, 2.45) is 7.05 Å². The van der Waals surface area contributed by atoms with Gasteiger partial charge < -0.3 is 10.1 Å². The molecule has 0 amide bonds. The lowest BCUT2D eigenvalue weighted by Crippen LogP contribution is -2.12. The summed E-state index contributed by atoms with van der Waals surface area (Å²) < 4.78 is 7.54. The number of nitrogens with zero attached hydrogens (tertiary/aromatic N) is 2. The number of aryl methyl sites for hydroxylation is 1. The maximum atomic E-state index is 12.2. The molecule has 0 saturated carbocycles. The second kappa shape index (κ2) is 5.66. The van der Waals surface area contributed by atoms with Gasteiger partial charge in [0.15, 0.2) is 11.4 Å². The fraction of sp³-hybridized carbons (Fsp3) is 0.143. The van der Waals surface area contributed by atoms with Gasteiger partial charge in [0.05, 0.1) is 23.0 Å². The van der Waals surface area contributed by atoms with E-state index in [0.717, 1.165) is 4.47 Å². The molecule has 2 aromatic heterocycles. The van der Waals surface area contributed by atoms with E-state index < -0.39 is 0 Å². The van der Waals surface area contributed by atoms with E-state index in [2.05, 4.69) is 31.3 Å². The quantitative estimate of drug-likeness (QED) is 0.680. The van der Waals surface area contributed by atoms with E-state index in [1.54, 1.807) is 20.2 Å². The summed E-state index contributed by atoms with van der Waals surface area (Å²) in [5.74, 6) is 0.635. The van der Waals surface area contributed by atoms with Crippen LogP contribution in [-0.2, 0) is 7.05 Å². The van der Waals surface area contributed by atoms with Crippen molar-refractivity contribution in [1.82, 2.24) is 14.8 Å². The van der Waals surface area contributed by atoms with Gasteiger partial charge in [0.1, 0.15) is 10.5 Å². The Kier molecular flexibility index (Phi) is 3.84. The van der Waals surface area contributed by atoms with Gasteiger partial charge in [-0.1, -0.05) is 17.7 Å². The number of aromatic amines is 1. The average Bonchev–Trinajstić information content (AvgIpc) is 2.74. The molecule has 0 radical (unpaired) electrons. The zero-order chi connectivity index (χ0) is 15.9. The van der Waals surface area contributed by atoms with Crippen molar-refractivity contribution >= 4 is 49.9 Å². The van der Waals surface area contributed by atoms with Crippen molar-refractivity contribution in [3.8, 4) is 5.75 Å². The lowest BCUT2D eigenvalue weighted by molar-refractivity contribution is 0.414. The minimum atomic E-state index is -0.185. The molecular weight excluding hydrogens is 372 g/mol. The van der Waals surface area contributed by atoms with E-state index in [1.807, 2.05) is 18.2 Å². The third kappa shape index (κ3) is 2.46. The van der Waals surface area contributed by atoms with E-state index in [0.29, 0.717) is 28.2 Å². The molecule has 0 aliphatic heterocycles. The summed E-state index contributed by atoms with van der Waals surface area (Å²) in [4.78, 5) is 16.4. The first kappa shape index (κ1) is 14.9. The van der Waals surface area contributed by atoms with Crippen LogP contribution in [-0.4, -0.2) is 21.9 Å². The summed E-state index contributed by atoms with van der Waals surface area (Å²) >= 11 is 9.46. The number of hydrogen-bond donors (Lipinski definition) is 2. The SMILES string of the molecule is COc1c(Br)cccc1Nc1cc(Cl)nc2[nH]n(C)c(=O)c12. The lowest BCUT2D eigenvalue weighted by Gasteiger charge is -2.13. The van der Waals surface area contributed by atoms with Crippen molar-refractivity contribution in [3.63, 3.8) is 0 Å². The van der Waals surface area contributed by atoms with Crippen LogP contribution in [0, 0.1) is 0 Å². The number of anilines is 2. The smallest absolute Gasteiger partial charge is 0.277 e. The van der Waals surface area contributed by atoms with Gasteiger partial charge in [-0.05, 0) is 34.1 Å². The third-order valence-corrected chi connectivity index (χ3v) is 4.04. The third-order valence-electron chi connectivity index (χ3n) is 3.22. The fourth-order valence-electron chi connectivity index (χ4n) is 2.25. The maximum absolute atomic E-state index is 12.2. The van der Waals surface area contributed by atoms with Crippen LogP contribution < -0.4 is 15.6 Å². The van der Waals surface area contributed by atoms with E-state index >= 15 is 0 Å². The average molecular weight is 384 g/mol. The maximum Gasteiger partial charge on any atom is 0.277 e. The number of halogens is 2. The first-order chi connectivity index (χ1) is 10.5. The Morgan fingerprint density at radius 2 is 2.18 bits per heavy atom. The molecule has 114 valence electrons. The highest BCUT2D eigenvalue weighted by atomic mass is 79.9. The first-order valence-corrected chi connectivity index (χ1v) is 7.53. The number of fused-ring (bicyclic) bond motifs is 1. The number of rotatable bonds is 3. The molecule has 0 fully saturated rings. The molecule has 0 saturated heterocycles. The summed E-state index contributed by atoms with van der Waals surface area (Å²) in [5.41, 5.74) is 1.52. The van der Waals surface area contributed by atoms with Gasteiger partial charge in [0, 0.05) is 7.05 Å². The number of H-pyrrole nitrogens is 1. The monoisotopic (exact) mass is 382 g/mol. The molecule has 3 rings (SSSR count). The summed E-state index contributed by atoms with van der Waals surface area (Å²) in [5, 5.41) is 6.77.